The number of hydrogen-bond acceptors (Lipinski definition) is 2. The molecule has 26 heavy (non-hydrogen) atoms. The third kappa shape index (κ3) is 4.04. The molecule has 1 nitrogen and oxygen atoms in total. The van der Waals surface area contributed by atoms with Crippen LogP contribution < -0.4 is 0 Å². The third-order valence-corrected chi connectivity index (χ3v) is 5.30. The molecule has 0 spiro atoms. The third-order valence-electron chi connectivity index (χ3n) is 3.73. The smallest absolute Gasteiger partial charge is 0.240 e. The number of benzene rings is 2. The van der Waals surface area contributed by atoms with Gasteiger partial charge in [0.05, 0.1) is 17.1 Å². The second-order valence-corrected chi connectivity index (χ2v) is 6.86. The summed E-state index contributed by atoms with van der Waals surface area (Å²) >= 11 is 7.15. The first-order chi connectivity index (χ1) is 12.3. The lowest BCUT2D eigenvalue weighted by Crippen LogP contribution is -2.03. The lowest BCUT2D eigenvalue weighted by molar-refractivity contribution is -0.137. The van der Waals surface area contributed by atoms with Crippen LogP contribution in [-0.2, 0) is 18.5 Å². The first-order valence-corrected chi connectivity index (χ1v) is 8.79. The summed E-state index contributed by atoms with van der Waals surface area (Å²) in [5.41, 5.74) is 0.552. The van der Waals surface area contributed by atoms with Gasteiger partial charge in [-0.25, -0.2) is 13.8 Å². The zero-order valence-corrected chi connectivity index (χ0v) is 14.7. The molecule has 0 saturated carbocycles. The van der Waals surface area contributed by atoms with E-state index >= 15 is 0 Å². The Hall–Kier alpha value is -1.99. The molecule has 0 N–H and O–H groups in total. The van der Waals surface area contributed by atoms with Gasteiger partial charge in [-0.05, 0) is 23.8 Å². The van der Waals surface area contributed by atoms with Crippen LogP contribution in [0.1, 0.15) is 21.7 Å². The number of halogens is 6. The maximum absolute atomic E-state index is 13.9. The van der Waals surface area contributed by atoms with Crippen molar-refractivity contribution in [3.63, 3.8) is 0 Å². The van der Waals surface area contributed by atoms with E-state index in [9.17, 15) is 22.0 Å². The molecule has 3 aromatic rings. The Bertz CT molecular complexity index is 918. The first-order valence-electron chi connectivity index (χ1n) is 7.44. The van der Waals surface area contributed by atoms with E-state index in [1.54, 1.807) is 0 Å². The Balaban J connectivity index is 1.91. The molecule has 0 amide bonds. The van der Waals surface area contributed by atoms with Gasteiger partial charge >= 0.3 is 6.18 Å². The average Bonchev–Trinajstić information content (AvgIpc) is 3.00. The fourth-order valence-corrected chi connectivity index (χ4v) is 3.65. The van der Waals surface area contributed by atoms with Gasteiger partial charge in [0, 0.05) is 22.9 Å². The van der Waals surface area contributed by atoms with Crippen LogP contribution in [0, 0.1) is 11.6 Å². The van der Waals surface area contributed by atoms with Crippen molar-refractivity contribution in [3.05, 3.63) is 75.8 Å². The quantitative estimate of drug-likeness (QED) is 0.361. The van der Waals surface area contributed by atoms with Crippen LogP contribution in [0.2, 0.25) is 0 Å². The molecule has 136 valence electrons. The Morgan fingerprint density at radius 1 is 1.00 bits per heavy atom. The number of alkyl halides is 4. The van der Waals surface area contributed by atoms with Crippen LogP contribution in [-0.4, -0.2) is 4.98 Å². The molecule has 1 heterocycles. The molecular formula is C18H11ClF5NS. The molecule has 0 radical (unpaired) electrons. The maximum Gasteiger partial charge on any atom is 0.416 e. The van der Waals surface area contributed by atoms with Crippen molar-refractivity contribution in [2.45, 2.75) is 18.5 Å². The summed E-state index contributed by atoms with van der Waals surface area (Å²) in [5, 5.41) is 0.492. The van der Waals surface area contributed by atoms with Gasteiger partial charge in [0.15, 0.2) is 0 Å². The van der Waals surface area contributed by atoms with Gasteiger partial charge in [-0.3, -0.25) is 0 Å². The molecule has 0 fully saturated rings. The first kappa shape index (κ1) is 18.8. The minimum atomic E-state index is -4.41. The Morgan fingerprint density at radius 2 is 1.69 bits per heavy atom. The Morgan fingerprint density at radius 3 is 2.27 bits per heavy atom. The largest absolute Gasteiger partial charge is 0.416 e. The van der Waals surface area contributed by atoms with E-state index in [2.05, 4.69) is 4.98 Å². The number of hydrogen-bond donors (Lipinski definition) is 0. The molecule has 0 saturated heterocycles. The summed E-state index contributed by atoms with van der Waals surface area (Å²) in [4.78, 5) is 5.08. The van der Waals surface area contributed by atoms with Crippen LogP contribution in [0.4, 0.5) is 22.0 Å². The molecule has 0 unspecified atom stereocenters. The molecule has 8 heteroatoms. The normalized spacial score (nSPS) is 11.8. The Labute approximate surface area is 155 Å². The van der Waals surface area contributed by atoms with E-state index in [-0.39, 0.29) is 17.9 Å². The van der Waals surface area contributed by atoms with E-state index < -0.39 is 23.4 Å². The van der Waals surface area contributed by atoms with Crippen LogP contribution in [0.25, 0.3) is 10.6 Å². The monoisotopic (exact) mass is 403 g/mol. The maximum atomic E-state index is 13.9. The summed E-state index contributed by atoms with van der Waals surface area (Å²) in [5.74, 6) is -1.22. The molecule has 1 aromatic heterocycles. The fraction of sp³-hybridized carbons (Fsp3) is 0.167. The minimum Gasteiger partial charge on any atom is -0.240 e. The van der Waals surface area contributed by atoms with Crippen LogP contribution in [0.3, 0.4) is 0 Å². The zero-order valence-electron chi connectivity index (χ0n) is 13.1. The van der Waals surface area contributed by atoms with Gasteiger partial charge in [0.25, 0.3) is 0 Å². The summed E-state index contributed by atoms with van der Waals surface area (Å²) in [6, 6.07) is 7.91. The van der Waals surface area contributed by atoms with E-state index in [4.69, 9.17) is 11.6 Å². The zero-order chi connectivity index (χ0) is 18.9. The minimum absolute atomic E-state index is 0.116. The van der Waals surface area contributed by atoms with Crippen LogP contribution >= 0.6 is 22.9 Å². The van der Waals surface area contributed by atoms with Crippen molar-refractivity contribution < 1.29 is 22.0 Å². The van der Waals surface area contributed by atoms with Gasteiger partial charge in [0.1, 0.15) is 16.6 Å². The van der Waals surface area contributed by atoms with E-state index in [0.29, 0.717) is 21.1 Å². The van der Waals surface area contributed by atoms with Crippen molar-refractivity contribution in [2.24, 2.45) is 0 Å². The van der Waals surface area contributed by atoms with Crippen LogP contribution in [0.5, 0.6) is 0 Å². The predicted molar refractivity (Wildman–Crippen MR) is 91.3 cm³/mol. The number of rotatable bonds is 4. The average molecular weight is 404 g/mol. The predicted octanol–water partition coefficient (Wildman–Crippen LogP) is 6.44. The standard InChI is InChI=1S/C18H11ClF5NS/c19-9-16-15(7-11-3-6-13(20)8-14(11)21)25-17(26-16)10-1-4-12(5-2-10)18(22,23)24/h1-6,8H,7,9H2. The van der Waals surface area contributed by atoms with Gasteiger partial charge in [-0.15, -0.1) is 22.9 Å². The van der Waals surface area contributed by atoms with Crippen molar-refractivity contribution in [1.82, 2.24) is 4.98 Å². The highest BCUT2D eigenvalue weighted by Gasteiger charge is 2.30. The summed E-state index contributed by atoms with van der Waals surface area (Å²) in [7, 11) is 0. The Kier molecular flexibility index (Phi) is 5.29. The molecule has 2 aromatic carbocycles. The summed E-state index contributed by atoms with van der Waals surface area (Å²) in [6.07, 6.45) is -4.29. The number of aromatic nitrogens is 1. The second-order valence-electron chi connectivity index (χ2n) is 5.51. The van der Waals surface area contributed by atoms with Crippen molar-refractivity contribution in [2.75, 3.05) is 0 Å². The molecule has 3 rings (SSSR count). The van der Waals surface area contributed by atoms with Gasteiger partial charge < -0.3 is 0 Å². The SMILES string of the molecule is Fc1ccc(Cc2nc(-c3ccc(C(F)(F)F)cc3)sc2CCl)c(F)c1. The highest BCUT2D eigenvalue weighted by molar-refractivity contribution is 7.15. The van der Waals surface area contributed by atoms with Gasteiger partial charge in [-0.2, -0.15) is 13.2 Å². The number of nitrogens with zero attached hydrogens (tertiary/aromatic N) is 1. The lowest BCUT2D eigenvalue weighted by atomic mass is 10.1. The molecule has 0 bridgehead atoms. The second kappa shape index (κ2) is 7.32. The molecule has 0 atom stereocenters. The topological polar surface area (TPSA) is 12.9 Å². The number of thiazole rings is 1. The van der Waals surface area contributed by atoms with Gasteiger partial charge in [-0.1, -0.05) is 18.2 Å². The van der Waals surface area contributed by atoms with Crippen molar-refractivity contribution in [1.29, 1.82) is 0 Å². The molecule has 0 aliphatic carbocycles. The molecule has 0 aliphatic heterocycles. The highest BCUT2D eigenvalue weighted by Crippen LogP contribution is 2.34. The van der Waals surface area contributed by atoms with Crippen molar-refractivity contribution in [3.8, 4) is 10.6 Å². The molecule has 0 aliphatic rings. The van der Waals surface area contributed by atoms with E-state index in [1.165, 1.54) is 29.5 Å². The fourth-order valence-electron chi connectivity index (χ4n) is 2.40. The lowest BCUT2D eigenvalue weighted by Gasteiger charge is -2.06. The van der Waals surface area contributed by atoms with Crippen LogP contribution in [0.15, 0.2) is 42.5 Å². The van der Waals surface area contributed by atoms with E-state index in [1.807, 2.05) is 0 Å². The summed E-state index contributed by atoms with van der Waals surface area (Å²) in [6.45, 7) is 0. The summed E-state index contributed by atoms with van der Waals surface area (Å²) < 4.78 is 64.9. The van der Waals surface area contributed by atoms with Crippen molar-refractivity contribution >= 4 is 22.9 Å². The van der Waals surface area contributed by atoms with Gasteiger partial charge in [0.2, 0.25) is 0 Å². The highest BCUT2D eigenvalue weighted by atomic mass is 35.5. The van der Waals surface area contributed by atoms with E-state index in [0.717, 1.165) is 24.3 Å². The molecular weight excluding hydrogens is 393 g/mol.